The van der Waals surface area contributed by atoms with Crippen LogP contribution in [0.4, 0.5) is 5.69 Å². The SMILES string of the molecule is O=C1CCC(N2Cc3c(NC(=C4C(=O)CC(c5ccccc5)CC4=O)c4ccccc4)cccc3C2=O)C(=O)N1. The molecule has 3 aliphatic rings. The van der Waals surface area contributed by atoms with Gasteiger partial charge in [-0.15, -0.1) is 0 Å². The van der Waals surface area contributed by atoms with Crippen LogP contribution in [0.3, 0.4) is 0 Å². The molecule has 2 N–H and O–H groups in total. The predicted molar refractivity (Wildman–Crippen MR) is 148 cm³/mol. The molecule has 0 spiro atoms. The van der Waals surface area contributed by atoms with Gasteiger partial charge in [0.15, 0.2) is 11.6 Å². The number of ketones is 2. The fourth-order valence-electron chi connectivity index (χ4n) is 5.84. The van der Waals surface area contributed by atoms with Gasteiger partial charge in [0.2, 0.25) is 11.8 Å². The molecule has 8 nitrogen and oxygen atoms in total. The van der Waals surface area contributed by atoms with Gasteiger partial charge in [-0.2, -0.15) is 0 Å². The Morgan fingerprint density at radius 1 is 0.800 bits per heavy atom. The number of Topliss-reactive ketones (excluding diaryl/α,β-unsaturated/α-hetero) is 2. The highest BCUT2D eigenvalue weighted by Crippen LogP contribution is 2.38. The molecule has 1 saturated carbocycles. The van der Waals surface area contributed by atoms with E-state index in [1.165, 1.54) is 4.90 Å². The van der Waals surface area contributed by atoms with E-state index in [0.717, 1.165) is 5.56 Å². The molecule has 1 unspecified atom stereocenters. The summed E-state index contributed by atoms with van der Waals surface area (Å²) in [6, 6.07) is 23.3. The lowest BCUT2D eigenvalue weighted by Crippen LogP contribution is -2.52. The third kappa shape index (κ3) is 4.62. The van der Waals surface area contributed by atoms with Gasteiger partial charge < -0.3 is 10.2 Å². The Morgan fingerprint density at radius 3 is 2.15 bits per heavy atom. The number of benzene rings is 3. The topological polar surface area (TPSA) is 113 Å². The highest BCUT2D eigenvalue weighted by atomic mass is 16.2. The first-order valence-corrected chi connectivity index (χ1v) is 13.4. The third-order valence-corrected chi connectivity index (χ3v) is 7.85. The number of nitrogens with one attached hydrogen (secondary N) is 2. The first kappa shape index (κ1) is 25.4. The fraction of sp³-hybridized carbons (Fsp3) is 0.219. The second-order valence-corrected chi connectivity index (χ2v) is 10.3. The number of amides is 3. The van der Waals surface area contributed by atoms with Crippen molar-refractivity contribution < 1.29 is 24.0 Å². The van der Waals surface area contributed by atoms with Crippen LogP contribution in [0.25, 0.3) is 5.70 Å². The average molecular weight is 534 g/mol. The number of carbonyl (C=O) groups is 5. The molecule has 8 heteroatoms. The van der Waals surface area contributed by atoms with E-state index in [4.69, 9.17) is 0 Å². The molecule has 3 amide bonds. The van der Waals surface area contributed by atoms with Gasteiger partial charge in [0, 0.05) is 42.6 Å². The van der Waals surface area contributed by atoms with Crippen LogP contribution in [0.5, 0.6) is 0 Å². The van der Waals surface area contributed by atoms with Crippen LogP contribution in [0.2, 0.25) is 0 Å². The first-order chi connectivity index (χ1) is 19.4. The van der Waals surface area contributed by atoms with E-state index in [0.29, 0.717) is 28.1 Å². The number of fused-ring (bicyclic) bond motifs is 1. The van der Waals surface area contributed by atoms with E-state index in [1.54, 1.807) is 18.2 Å². The highest BCUT2D eigenvalue weighted by Gasteiger charge is 2.40. The molecule has 0 aromatic heterocycles. The minimum absolute atomic E-state index is 0.127. The number of anilines is 1. The van der Waals surface area contributed by atoms with Gasteiger partial charge in [0.05, 0.1) is 11.3 Å². The molecule has 2 aliphatic heterocycles. The van der Waals surface area contributed by atoms with Gasteiger partial charge >= 0.3 is 0 Å². The van der Waals surface area contributed by atoms with E-state index in [1.807, 2.05) is 60.7 Å². The van der Waals surface area contributed by atoms with Crippen molar-refractivity contribution in [1.29, 1.82) is 0 Å². The van der Waals surface area contributed by atoms with Crippen molar-refractivity contribution >= 4 is 40.7 Å². The second-order valence-electron chi connectivity index (χ2n) is 10.3. The van der Waals surface area contributed by atoms with E-state index in [9.17, 15) is 24.0 Å². The number of nitrogens with zero attached hydrogens (tertiary/aromatic N) is 1. The lowest BCUT2D eigenvalue weighted by Gasteiger charge is -2.29. The molecule has 3 aromatic carbocycles. The molecule has 6 rings (SSSR count). The summed E-state index contributed by atoms with van der Waals surface area (Å²) in [5.41, 5.74) is 3.87. The maximum atomic E-state index is 13.5. The molecule has 200 valence electrons. The van der Waals surface area contributed by atoms with Crippen LogP contribution in [0.1, 0.15) is 58.6 Å². The second kappa shape index (κ2) is 10.4. The highest BCUT2D eigenvalue weighted by molar-refractivity contribution is 6.27. The van der Waals surface area contributed by atoms with Gasteiger partial charge in [-0.25, -0.2) is 0 Å². The monoisotopic (exact) mass is 533 g/mol. The van der Waals surface area contributed by atoms with Crippen LogP contribution in [0.15, 0.2) is 84.4 Å². The molecule has 1 atom stereocenters. The summed E-state index contributed by atoms with van der Waals surface area (Å²) in [6.07, 6.45) is 0.869. The van der Waals surface area contributed by atoms with Gasteiger partial charge in [-0.05, 0) is 35.6 Å². The van der Waals surface area contributed by atoms with Crippen molar-refractivity contribution in [3.05, 3.63) is 107 Å². The molecule has 0 radical (unpaired) electrons. The number of hydrogen-bond acceptors (Lipinski definition) is 6. The van der Waals surface area contributed by atoms with Crippen LogP contribution in [-0.2, 0) is 25.7 Å². The number of piperidine rings is 1. The van der Waals surface area contributed by atoms with Gasteiger partial charge in [-0.1, -0.05) is 66.7 Å². The number of rotatable bonds is 5. The summed E-state index contributed by atoms with van der Waals surface area (Å²) < 4.78 is 0. The largest absolute Gasteiger partial charge is 0.354 e. The van der Waals surface area contributed by atoms with E-state index in [-0.39, 0.29) is 67.1 Å². The Labute approximate surface area is 231 Å². The normalized spacial score (nSPS) is 20.9. The van der Waals surface area contributed by atoms with Crippen molar-refractivity contribution in [3.63, 3.8) is 0 Å². The van der Waals surface area contributed by atoms with E-state index >= 15 is 0 Å². The lowest BCUT2D eigenvalue weighted by molar-refractivity contribution is -0.137. The summed E-state index contributed by atoms with van der Waals surface area (Å²) in [4.78, 5) is 66.1. The van der Waals surface area contributed by atoms with Crippen molar-refractivity contribution in [3.8, 4) is 0 Å². The number of hydrogen-bond donors (Lipinski definition) is 2. The Hall–Kier alpha value is -4.85. The smallest absolute Gasteiger partial charge is 0.255 e. The van der Waals surface area contributed by atoms with Gasteiger partial charge in [0.1, 0.15) is 6.04 Å². The minimum Gasteiger partial charge on any atom is -0.354 e. The number of carbonyl (C=O) groups excluding carboxylic acids is 5. The van der Waals surface area contributed by atoms with Crippen LogP contribution in [0, 0.1) is 0 Å². The average Bonchev–Trinajstić information content (AvgIpc) is 3.30. The third-order valence-electron chi connectivity index (χ3n) is 7.85. The zero-order chi connectivity index (χ0) is 27.8. The van der Waals surface area contributed by atoms with Crippen LogP contribution < -0.4 is 10.6 Å². The summed E-state index contributed by atoms with van der Waals surface area (Å²) in [5, 5.41) is 5.67. The van der Waals surface area contributed by atoms with Crippen LogP contribution in [-0.4, -0.2) is 40.2 Å². The van der Waals surface area contributed by atoms with Crippen molar-refractivity contribution in [1.82, 2.24) is 10.2 Å². The molecule has 1 saturated heterocycles. The van der Waals surface area contributed by atoms with Gasteiger partial charge in [0.25, 0.3) is 5.91 Å². The van der Waals surface area contributed by atoms with Crippen molar-refractivity contribution in [2.24, 2.45) is 0 Å². The van der Waals surface area contributed by atoms with Crippen LogP contribution >= 0.6 is 0 Å². The van der Waals surface area contributed by atoms with Gasteiger partial charge in [-0.3, -0.25) is 29.3 Å². The Balaban J connectivity index is 1.36. The molecular weight excluding hydrogens is 506 g/mol. The summed E-state index contributed by atoms with van der Waals surface area (Å²) >= 11 is 0. The van der Waals surface area contributed by atoms with E-state index in [2.05, 4.69) is 10.6 Å². The molecular formula is C32H27N3O5. The van der Waals surface area contributed by atoms with E-state index < -0.39 is 11.9 Å². The standard InChI is InChI=1S/C32H27N3O5/c36-26-16-21(19-8-3-1-4-9-19)17-27(37)29(26)30(20-10-5-2-6-11-20)33-24-13-7-12-22-23(24)18-35(32(22)40)25-14-15-28(38)34-31(25)39/h1-13,21,25,33H,14-18H2,(H,34,38,39). The zero-order valence-corrected chi connectivity index (χ0v) is 21.7. The number of allylic oxidation sites excluding steroid dienone is 1. The van der Waals surface area contributed by atoms with Crippen molar-refractivity contribution in [2.45, 2.75) is 44.2 Å². The summed E-state index contributed by atoms with van der Waals surface area (Å²) in [6.45, 7) is 0.166. The Kier molecular flexibility index (Phi) is 6.59. The molecule has 1 aliphatic carbocycles. The fourth-order valence-corrected chi connectivity index (χ4v) is 5.84. The number of imide groups is 1. The minimum atomic E-state index is -0.742. The zero-order valence-electron chi connectivity index (χ0n) is 21.7. The maximum Gasteiger partial charge on any atom is 0.255 e. The predicted octanol–water partition coefficient (Wildman–Crippen LogP) is 3.99. The quantitative estimate of drug-likeness (QED) is 0.291. The molecule has 2 heterocycles. The first-order valence-electron chi connectivity index (χ1n) is 13.4. The maximum absolute atomic E-state index is 13.5. The Morgan fingerprint density at radius 2 is 1.48 bits per heavy atom. The molecule has 40 heavy (non-hydrogen) atoms. The summed E-state index contributed by atoms with van der Waals surface area (Å²) in [7, 11) is 0. The van der Waals surface area contributed by atoms with Crippen molar-refractivity contribution in [2.75, 3.05) is 5.32 Å². The Bertz CT molecular complexity index is 1560. The molecule has 0 bridgehead atoms. The molecule has 2 fully saturated rings. The molecule has 3 aromatic rings. The summed E-state index contributed by atoms with van der Waals surface area (Å²) in [5.74, 6) is -1.76. The lowest BCUT2D eigenvalue weighted by atomic mass is 9.78.